The zero-order valence-electron chi connectivity index (χ0n) is 13.7. The molecule has 0 radical (unpaired) electrons. The van der Waals surface area contributed by atoms with Crippen LogP contribution in [0.3, 0.4) is 0 Å². The third-order valence-electron chi connectivity index (χ3n) is 3.61. The number of amides is 1. The minimum atomic E-state index is -0.109. The molecule has 0 aliphatic heterocycles. The van der Waals surface area contributed by atoms with E-state index in [9.17, 15) is 4.79 Å². The fraction of sp³-hybridized carbons (Fsp3) is 0.412. The maximum Gasteiger partial charge on any atom is 0.257 e. The van der Waals surface area contributed by atoms with Crippen LogP contribution >= 0.6 is 15.9 Å². The number of aromatic nitrogens is 2. The second-order valence-corrected chi connectivity index (χ2v) is 6.26. The van der Waals surface area contributed by atoms with Crippen LogP contribution in [-0.2, 0) is 11.3 Å². The first-order valence-corrected chi connectivity index (χ1v) is 8.43. The van der Waals surface area contributed by atoms with Gasteiger partial charge in [-0.15, -0.1) is 0 Å². The first-order valence-electron chi connectivity index (χ1n) is 7.63. The molecule has 0 saturated carbocycles. The molecule has 1 aromatic carbocycles. The molecule has 0 aliphatic rings. The smallest absolute Gasteiger partial charge is 0.257 e. The molecule has 2 rings (SSSR count). The summed E-state index contributed by atoms with van der Waals surface area (Å²) in [5.74, 6) is 0.637. The lowest BCUT2D eigenvalue weighted by atomic mass is 10.2. The van der Waals surface area contributed by atoms with Gasteiger partial charge in [-0.25, -0.2) is 0 Å². The maximum absolute atomic E-state index is 11.8. The monoisotopic (exact) mass is 379 g/mol. The molecule has 0 atom stereocenters. The molecule has 1 amide bonds. The molecule has 23 heavy (non-hydrogen) atoms. The molecule has 1 heterocycles. The lowest BCUT2D eigenvalue weighted by Crippen LogP contribution is -2.30. The Kier molecular flexibility index (Phi) is 6.21. The molecule has 0 bridgehead atoms. The summed E-state index contributed by atoms with van der Waals surface area (Å²) in [5, 5.41) is 7.31. The Morgan fingerprint density at radius 2 is 2.04 bits per heavy atom. The van der Waals surface area contributed by atoms with Gasteiger partial charge < -0.3 is 10.1 Å². The van der Waals surface area contributed by atoms with E-state index in [1.54, 1.807) is 0 Å². The molecule has 0 aliphatic carbocycles. The van der Waals surface area contributed by atoms with E-state index in [0.717, 1.165) is 40.1 Å². The quantitative estimate of drug-likeness (QED) is 0.751. The van der Waals surface area contributed by atoms with Crippen LogP contribution in [0.4, 0.5) is 0 Å². The number of nitrogens with zero attached hydrogens (tertiary/aromatic N) is 2. The van der Waals surface area contributed by atoms with Crippen molar-refractivity contribution in [1.29, 1.82) is 0 Å². The van der Waals surface area contributed by atoms with Gasteiger partial charge in [0.25, 0.3) is 5.91 Å². The predicted octanol–water partition coefficient (Wildman–Crippen LogP) is 3.16. The van der Waals surface area contributed by atoms with Gasteiger partial charge in [0.1, 0.15) is 5.75 Å². The maximum atomic E-state index is 11.8. The minimum absolute atomic E-state index is 0.0380. The van der Waals surface area contributed by atoms with Crippen LogP contribution in [0.2, 0.25) is 0 Å². The van der Waals surface area contributed by atoms with E-state index in [1.165, 1.54) is 0 Å². The highest BCUT2D eigenvalue weighted by atomic mass is 79.9. The van der Waals surface area contributed by atoms with Crippen LogP contribution in [0.15, 0.2) is 28.7 Å². The Morgan fingerprint density at radius 1 is 1.30 bits per heavy atom. The highest BCUT2D eigenvalue weighted by molar-refractivity contribution is 9.10. The van der Waals surface area contributed by atoms with Gasteiger partial charge in [0, 0.05) is 18.8 Å². The van der Waals surface area contributed by atoms with Gasteiger partial charge >= 0.3 is 0 Å². The van der Waals surface area contributed by atoms with Crippen LogP contribution in [0.25, 0.3) is 0 Å². The molecular weight excluding hydrogens is 358 g/mol. The highest BCUT2D eigenvalue weighted by Gasteiger charge is 2.08. The molecule has 5 nitrogen and oxygen atoms in total. The Labute approximate surface area is 145 Å². The number of nitrogens with one attached hydrogen (secondary N) is 1. The summed E-state index contributed by atoms with van der Waals surface area (Å²) in [4.78, 5) is 11.8. The van der Waals surface area contributed by atoms with Gasteiger partial charge in [0.2, 0.25) is 0 Å². The molecule has 124 valence electrons. The first kappa shape index (κ1) is 17.5. The SMILES string of the molecule is Cc1ccccc1OCC(=O)NCCCn1nc(C)c(Br)c1C. The van der Waals surface area contributed by atoms with E-state index >= 15 is 0 Å². The number of benzene rings is 1. The van der Waals surface area contributed by atoms with Crippen molar-refractivity contribution in [2.24, 2.45) is 0 Å². The largest absolute Gasteiger partial charge is 0.484 e. The van der Waals surface area contributed by atoms with E-state index in [4.69, 9.17) is 4.74 Å². The zero-order valence-corrected chi connectivity index (χ0v) is 15.3. The summed E-state index contributed by atoms with van der Waals surface area (Å²) in [7, 11) is 0. The Bertz CT molecular complexity index is 682. The summed E-state index contributed by atoms with van der Waals surface area (Å²) < 4.78 is 8.52. The van der Waals surface area contributed by atoms with Crippen LogP contribution in [-0.4, -0.2) is 28.8 Å². The molecule has 0 saturated heterocycles. The van der Waals surface area contributed by atoms with Gasteiger partial charge in [-0.2, -0.15) is 5.10 Å². The molecule has 0 unspecified atom stereocenters. The van der Waals surface area contributed by atoms with Gasteiger partial charge in [0.15, 0.2) is 6.61 Å². The van der Waals surface area contributed by atoms with Crippen LogP contribution in [0.5, 0.6) is 5.75 Å². The number of rotatable bonds is 7. The van der Waals surface area contributed by atoms with Crippen molar-refractivity contribution in [2.45, 2.75) is 33.7 Å². The lowest BCUT2D eigenvalue weighted by molar-refractivity contribution is -0.123. The normalized spacial score (nSPS) is 10.6. The Morgan fingerprint density at radius 3 is 2.70 bits per heavy atom. The molecule has 0 spiro atoms. The number of aryl methyl sites for hydroxylation is 3. The topological polar surface area (TPSA) is 56.1 Å². The number of para-hydroxylation sites is 1. The first-order chi connectivity index (χ1) is 11.0. The van der Waals surface area contributed by atoms with Crippen molar-refractivity contribution in [3.8, 4) is 5.75 Å². The van der Waals surface area contributed by atoms with Gasteiger partial charge in [-0.05, 0) is 54.8 Å². The highest BCUT2D eigenvalue weighted by Crippen LogP contribution is 2.19. The van der Waals surface area contributed by atoms with Crippen molar-refractivity contribution in [2.75, 3.05) is 13.2 Å². The van der Waals surface area contributed by atoms with E-state index < -0.39 is 0 Å². The van der Waals surface area contributed by atoms with E-state index in [0.29, 0.717) is 6.54 Å². The third-order valence-corrected chi connectivity index (χ3v) is 4.76. The number of carbonyl (C=O) groups excluding carboxylic acids is 1. The molecule has 6 heteroatoms. The summed E-state index contributed by atoms with van der Waals surface area (Å²) in [6.07, 6.45) is 0.824. The van der Waals surface area contributed by atoms with Crippen molar-refractivity contribution in [3.05, 3.63) is 45.7 Å². The molecule has 1 aromatic heterocycles. The summed E-state index contributed by atoms with van der Waals surface area (Å²) in [6, 6.07) is 7.66. The molecule has 0 fully saturated rings. The van der Waals surface area contributed by atoms with Crippen LogP contribution in [0, 0.1) is 20.8 Å². The van der Waals surface area contributed by atoms with E-state index in [2.05, 4.69) is 26.3 Å². The summed E-state index contributed by atoms with van der Waals surface area (Å²) >= 11 is 3.51. The number of hydrogen-bond donors (Lipinski definition) is 1. The Balaban J connectivity index is 1.69. The second-order valence-electron chi connectivity index (χ2n) is 5.47. The molecular formula is C17H22BrN3O2. The van der Waals surface area contributed by atoms with Crippen LogP contribution < -0.4 is 10.1 Å². The van der Waals surface area contributed by atoms with Crippen molar-refractivity contribution in [1.82, 2.24) is 15.1 Å². The zero-order chi connectivity index (χ0) is 16.8. The minimum Gasteiger partial charge on any atom is -0.484 e. The van der Waals surface area contributed by atoms with E-state index in [-0.39, 0.29) is 12.5 Å². The van der Waals surface area contributed by atoms with Crippen molar-refractivity contribution >= 4 is 21.8 Å². The average Bonchev–Trinajstić information content (AvgIpc) is 2.78. The lowest BCUT2D eigenvalue weighted by Gasteiger charge is -2.09. The molecule has 1 N–H and O–H groups in total. The fourth-order valence-corrected chi connectivity index (χ4v) is 2.55. The van der Waals surface area contributed by atoms with Gasteiger partial charge in [0.05, 0.1) is 10.2 Å². The van der Waals surface area contributed by atoms with Crippen LogP contribution in [0.1, 0.15) is 23.4 Å². The second kappa shape index (κ2) is 8.15. The number of hydrogen-bond acceptors (Lipinski definition) is 3. The predicted molar refractivity (Wildman–Crippen MR) is 93.7 cm³/mol. The molecule has 2 aromatic rings. The van der Waals surface area contributed by atoms with E-state index in [1.807, 2.05) is 49.7 Å². The summed E-state index contributed by atoms with van der Waals surface area (Å²) in [6.45, 7) is 7.37. The van der Waals surface area contributed by atoms with Gasteiger partial charge in [-0.3, -0.25) is 9.48 Å². The summed E-state index contributed by atoms with van der Waals surface area (Å²) in [5.41, 5.74) is 3.12. The fourth-order valence-electron chi connectivity index (χ4n) is 2.26. The Hall–Kier alpha value is -1.82. The number of ether oxygens (including phenoxy) is 1. The van der Waals surface area contributed by atoms with Crippen molar-refractivity contribution < 1.29 is 9.53 Å². The number of halogens is 1. The van der Waals surface area contributed by atoms with Crippen molar-refractivity contribution in [3.63, 3.8) is 0 Å². The third kappa shape index (κ3) is 4.82. The van der Waals surface area contributed by atoms with Gasteiger partial charge in [-0.1, -0.05) is 18.2 Å². The average molecular weight is 380 g/mol. The standard InChI is InChI=1S/C17H22BrN3O2/c1-12-7-4-5-8-15(12)23-11-16(22)19-9-6-10-21-14(3)17(18)13(2)20-21/h4-5,7-8H,6,9-11H2,1-3H3,(H,19,22). The number of carbonyl (C=O) groups is 1.